The fourth-order valence-corrected chi connectivity index (χ4v) is 6.68. The second-order valence-electron chi connectivity index (χ2n) is 8.39. The molecule has 1 heterocycles. The summed E-state index contributed by atoms with van der Waals surface area (Å²) in [4.78, 5) is 25.8. The maximum Gasteiger partial charge on any atom is 0.251 e. The highest BCUT2D eigenvalue weighted by Gasteiger charge is 2.48. The topological polar surface area (TPSA) is 58.2 Å². The largest absolute Gasteiger partial charge is 0.349 e. The van der Waals surface area contributed by atoms with E-state index in [4.69, 9.17) is 0 Å². The van der Waals surface area contributed by atoms with Crippen LogP contribution in [-0.4, -0.2) is 23.1 Å². The number of benzene rings is 1. The normalized spacial score (nSPS) is 38.2. The summed E-state index contributed by atoms with van der Waals surface area (Å²) in [5, 5.41) is 6.18. The number of rotatable bonds is 2. The second-order valence-corrected chi connectivity index (χ2v) is 9.77. The van der Waals surface area contributed by atoms with Gasteiger partial charge in [-0.15, -0.1) is 11.8 Å². The predicted octanol–water partition coefficient (Wildman–Crippen LogP) is 3.67. The summed E-state index contributed by atoms with van der Waals surface area (Å²) in [6.07, 6.45) is 6.62. The lowest BCUT2D eigenvalue weighted by Gasteiger charge is -2.54. The van der Waals surface area contributed by atoms with E-state index in [0.29, 0.717) is 23.4 Å². The van der Waals surface area contributed by atoms with Gasteiger partial charge in [-0.1, -0.05) is 0 Å². The molecule has 0 aromatic heterocycles. The maximum absolute atomic E-state index is 12.8. The molecule has 0 radical (unpaired) electrons. The van der Waals surface area contributed by atoms with Crippen LogP contribution in [0.5, 0.6) is 0 Å². The third-order valence-electron chi connectivity index (χ3n) is 6.70. The van der Waals surface area contributed by atoms with Crippen molar-refractivity contribution < 1.29 is 9.59 Å². The third kappa shape index (κ3) is 2.67. The first-order valence-corrected chi connectivity index (χ1v) is 10.4. The highest BCUT2D eigenvalue weighted by molar-refractivity contribution is 8.00. The smallest absolute Gasteiger partial charge is 0.251 e. The van der Waals surface area contributed by atoms with E-state index >= 15 is 0 Å². The number of hydrogen-bond acceptors (Lipinski definition) is 3. The zero-order valence-electron chi connectivity index (χ0n) is 14.5. The van der Waals surface area contributed by atoms with Crippen molar-refractivity contribution in [2.75, 3.05) is 5.32 Å². The SMILES string of the molecule is CC1Sc2ccc(C(=O)NC3C4CC5CC(C4)CC3C5)cc2NC1=O. The van der Waals surface area contributed by atoms with E-state index in [1.807, 2.05) is 25.1 Å². The lowest BCUT2D eigenvalue weighted by atomic mass is 9.54. The van der Waals surface area contributed by atoms with Crippen molar-refractivity contribution in [3.05, 3.63) is 23.8 Å². The summed E-state index contributed by atoms with van der Waals surface area (Å²) in [6.45, 7) is 1.90. The fraction of sp³-hybridized carbons (Fsp3) is 0.600. The van der Waals surface area contributed by atoms with E-state index < -0.39 is 0 Å². The number of anilines is 1. The van der Waals surface area contributed by atoms with Gasteiger partial charge >= 0.3 is 0 Å². The molecular formula is C20H24N2O2S. The van der Waals surface area contributed by atoms with E-state index in [2.05, 4.69) is 10.6 Å². The van der Waals surface area contributed by atoms with Crippen molar-refractivity contribution in [3.63, 3.8) is 0 Å². The van der Waals surface area contributed by atoms with Crippen LogP contribution in [0.15, 0.2) is 23.1 Å². The monoisotopic (exact) mass is 356 g/mol. The Bertz CT molecular complexity index is 719. The van der Waals surface area contributed by atoms with Gasteiger partial charge in [0.1, 0.15) is 0 Å². The first-order valence-electron chi connectivity index (χ1n) is 9.49. The number of hydrogen-bond donors (Lipinski definition) is 2. The molecule has 1 aliphatic heterocycles. The van der Waals surface area contributed by atoms with Crippen LogP contribution in [-0.2, 0) is 4.79 Å². The van der Waals surface area contributed by atoms with Crippen molar-refractivity contribution in [1.29, 1.82) is 0 Å². The highest BCUT2D eigenvalue weighted by Crippen LogP contribution is 2.53. The molecule has 0 spiro atoms. The Balaban J connectivity index is 1.33. The molecule has 1 atom stereocenters. The van der Waals surface area contributed by atoms with Crippen molar-refractivity contribution >= 4 is 29.3 Å². The molecule has 1 unspecified atom stereocenters. The molecule has 1 aromatic rings. The van der Waals surface area contributed by atoms with Crippen molar-refractivity contribution in [2.24, 2.45) is 23.7 Å². The zero-order valence-corrected chi connectivity index (χ0v) is 15.3. The second kappa shape index (κ2) is 5.76. The van der Waals surface area contributed by atoms with Gasteiger partial charge in [0.2, 0.25) is 5.91 Å². The summed E-state index contributed by atoms with van der Waals surface area (Å²) < 4.78 is 0. The van der Waals surface area contributed by atoms with Crippen molar-refractivity contribution in [1.82, 2.24) is 5.32 Å². The number of thioether (sulfide) groups is 1. The van der Waals surface area contributed by atoms with Crippen LogP contribution in [0.4, 0.5) is 5.69 Å². The average molecular weight is 356 g/mol. The molecule has 4 saturated carbocycles. The molecular weight excluding hydrogens is 332 g/mol. The molecule has 2 N–H and O–H groups in total. The van der Waals surface area contributed by atoms with Crippen LogP contribution in [0.25, 0.3) is 0 Å². The summed E-state index contributed by atoms with van der Waals surface area (Å²) in [7, 11) is 0. The van der Waals surface area contributed by atoms with E-state index in [9.17, 15) is 9.59 Å². The van der Waals surface area contributed by atoms with Crippen molar-refractivity contribution in [3.8, 4) is 0 Å². The number of carbonyl (C=O) groups is 2. The van der Waals surface area contributed by atoms with Crippen LogP contribution in [0.3, 0.4) is 0 Å². The molecule has 4 nitrogen and oxygen atoms in total. The first-order chi connectivity index (χ1) is 12.1. The van der Waals surface area contributed by atoms with Gasteiger partial charge in [-0.2, -0.15) is 0 Å². The number of fused-ring (bicyclic) bond motifs is 1. The third-order valence-corrected chi connectivity index (χ3v) is 7.87. The Morgan fingerprint density at radius 1 is 1.12 bits per heavy atom. The van der Waals surface area contributed by atoms with E-state index in [0.717, 1.165) is 22.4 Å². The Hall–Kier alpha value is -1.49. The van der Waals surface area contributed by atoms with Gasteiger partial charge in [-0.05, 0) is 80.9 Å². The zero-order chi connectivity index (χ0) is 17.1. The van der Waals surface area contributed by atoms with Crippen LogP contribution in [0.2, 0.25) is 0 Å². The Labute approximate surface area is 152 Å². The molecule has 4 aliphatic carbocycles. The van der Waals surface area contributed by atoms with Crippen LogP contribution >= 0.6 is 11.8 Å². The lowest BCUT2D eigenvalue weighted by molar-refractivity contribution is -0.115. The van der Waals surface area contributed by atoms with Gasteiger partial charge in [0.05, 0.1) is 10.9 Å². The van der Waals surface area contributed by atoms with Crippen LogP contribution in [0.1, 0.15) is 49.4 Å². The van der Waals surface area contributed by atoms with E-state index in [-0.39, 0.29) is 17.1 Å². The number of nitrogens with one attached hydrogen (secondary N) is 2. The van der Waals surface area contributed by atoms with E-state index in [1.54, 1.807) is 11.8 Å². The molecule has 5 aliphatic rings. The molecule has 6 rings (SSSR count). The minimum Gasteiger partial charge on any atom is -0.349 e. The highest BCUT2D eigenvalue weighted by atomic mass is 32.2. The van der Waals surface area contributed by atoms with Gasteiger partial charge in [0.25, 0.3) is 5.91 Å². The van der Waals surface area contributed by atoms with Crippen molar-refractivity contribution in [2.45, 2.75) is 55.2 Å². The first kappa shape index (κ1) is 15.7. The van der Waals surface area contributed by atoms with Gasteiger partial charge < -0.3 is 10.6 Å². The predicted molar refractivity (Wildman–Crippen MR) is 98.7 cm³/mol. The summed E-state index contributed by atoms with van der Waals surface area (Å²) in [5.41, 5.74) is 1.42. The molecule has 132 valence electrons. The summed E-state index contributed by atoms with van der Waals surface area (Å²) in [5.74, 6) is 3.19. The molecule has 5 heteroatoms. The van der Waals surface area contributed by atoms with Crippen LogP contribution in [0, 0.1) is 23.7 Å². The maximum atomic E-state index is 12.8. The fourth-order valence-electron chi connectivity index (χ4n) is 5.75. The number of carbonyl (C=O) groups excluding carboxylic acids is 2. The summed E-state index contributed by atoms with van der Waals surface area (Å²) >= 11 is 1.55. The quantitative estimate of drug-likeness (QED) is 0.850. The standard InChI is InChI=1S/C20H24N2O2S/c1-10-19(23)21-16-9-13(2-3-17(16)25-10)20(24)22-18-14-5-11-4-12(7-14)8-15(18)6-11/h2-3,9-12,14-15,18H,4-8H2,1H3,(H,21,23)(H,22,24). The lowest BCUT2D eigenvalue weighted by Crippen LogP contribution is -2.55. The minimum absolute atomic E-state index is 0.0103. The molecule has 0 saturated heterocycles. The Kier molecular flexibility index (Phi) is 3.63. The molecule has 4 bridgehead atoms. The van der Waals surface area contributed by atoms with Gasteiger partial charge in [-0.25, -0.2) is 0 Å². The molecule has 25 heavy (non-hydrogen) atoms. The van der Waals surface area contributed by atoms with Gasteiger partial charge in [0.15, 0.2) is 0 Å². The molecule has 2 amide bonds. The molecule has 1 aromatic carbocycles. The Morgan fingerprint density at radius 2 is 1.80 bits per heavy atom. The minimum atomic E-state index is -0.0831. The number of amides is 2. The van der Waals surface area contributed by atoms with Gasteiger partial charge in [0, 0.05) is 16.5 Å². The Morgan fingerprint density at radius 3 is 2.48 bits per heavy atom. The van der Waals surface area contributed by atoms with Crippen LogP contribution < -0.4 is 10.6 Å². The summed E-state index contributed by atoms with van der Waals surface area (Å²) in [6, 6.07) is 6.03. The average Bonchev–Trinajstić information content (AvgIpc) is 2.58. The molecule has 4 fully saturated rings. The van der Waals surface area contributed by atoms with Gasteiger partial charge in [-0.3, -0.25) is 9.59 Å². The van der Waals surface area contributed by atoms with E-state index in [1.165, 1.54) is 32.1 Å².